The number of rotatable bonds is 29. The Bertz CT molecular complexity index is 640. The Labute approximate surface area is 250 Å². The molecular formula is C36H69N3O. The molecule has 0 aliphatic carbocycles. The first-order valence-electron chi connectivity index (χ1n) is 17.6. The maximum atomic E-state index is 5.98. The van der Waals surface area contributed by atoms with Gasteiger partial charge in [0.25, 0.3) is 0 Å². The van der Waals surface area contributed by atoms with Gasteiger partial charge in [0, 0.05) is 31.4 Å². The Morgan fingerprint density at radius 2 is 1.25 bits per heavy atom. The van der Waals surface area contributed by atoms with Gasteiger partial charge < -0.3 is 15.0 Å². The number of nitrogens with one attached hydrogen (secondary N) is 1. The van der Waals surface area contributed by atoms with Crippen molar-refractivity contribution < 1.29 is 4.74 Å². The van der Waals surface area contributed by atoms with Crippen molar-refractivity contribution in [3.63, 3.8) is 0 Å². The van der Waals surface area contributed by atoms with E-state index in [1.54, 1.807) is 0 Å². The third-order valence-electron chi connectivity index (χ3n) is 8.32. The van der Waals surface area contributed by atoms with Crippen LogP contribution in [-0.4, -0.2) is 42.7 Å². The van der Waals surface area contributed by atoms with Crippen LogP contribution in [0.1, 0.15) is 162 Å². The van der Waals surface area contributed by atoms with Crippen LogP contribution in [-0.2, 0) is 6.54 Å². The number of aromatic nitrogens is 1. The van der Waals surface area contributed by atoms with E-state index in [0.29, 0.717) is 6.04 Å². The second kappa shape index (κ2) is 26.7. The van der Waals surface area contributed by atoms with Crippen molar-refractivity contribution in [2.45, 2.75) is 169 Å². The molecule has 4 heteroatoms. The number of pyridine rings is 1. The van der Waals surface area contributed by atoms with Crippen molar-refractivity contribution in [2.75, 3.05) is 26.7 Å². The third kappa shape index (κ3) is 20.7. The largest absolute Gasteiger partial charge is 0.478 e. The topological polar surface area (TPSA) is 37.4 Å². The van der Waals surface area contributed by atoms with E-state index >= 15 is 0 Å². The molecule has 0 aromatic carbocycles. The predicted molar refractivity (Wildman–Crippen MR) is 176 cm³/mol. The Morgan fingerprint density at radius 3 is 1.82 bits per heavy atom. The van der Waals surface area contributed by atoms with Crippen LogP contribution in [0.15, 0.2) is 18.3 Å². The van der Waals surface area contributed by atoms with Gasteiger partial charge in [-0.2, -0.15) is 0 Å². The van der Waals surface area contributed by atoms with Gasteiger partial charge in [0.05, 0.1) is 6.61 Å². The van der Waals surface area contributed by atoms with Gasteiger partial charge in [-0.1, -0.05) is 130 Å². The SMILES string of the molecule is CCCCCCCC(CCCCCC)CN(C)Cc1ccc(OCCCNC(CCCCC)CCCCC)nc1. The molecule has 1 heterocycles. The normalized spacial score (nSPS) is 12.5. The zero-order chi connectivity index (χ0) is 29.1. The molecule has 4 nitrogen and oxygen atoms in total. The number of unbranched alkanes of at least 4 members (excludes halogenated alkanes) is 11. The standard InChI is InChI=1S/C36H69N3O/c1-6-10-14-16-20-23-33(22-19-15-11-7-2)31-39(5)32-34-26-27-36(38-30-34)40-29-21-28-37-35(24-17-12-8-3)25-18-13-9-4/h26-27,30,33,35,37H,6-25,28-29,31-32H2,1-5H3. The minimum Gasteiger partial charge on any atom is -0.478 e. The van der Waals surface area contributed by atoms with Crippen molar-refractivity contribution >= 4 is 0 Å². The minimum absolute atomic E-state index is 0.671. The number of hydrogen-bond acceptors (Lipinski definition) is 4. The fourth-order valence-corrected chi connectivity index (χ4v) is 5.82. The van der Waals surface area contributed by atoms with Crippen LogP contribution in [0, 0.1) is 5.92 Å². The molecule has 0 spiro atoms. The molecule has 0 fully saturated rings. The average molecular weight is 560 g/mol. The lowest BCUT2D eigenvalue weighted by Crippen LogP contribution is -2.30. The highest BCUT2D eigenvalue weighted by Gasteiger charge is 2.13. The van der Waals surface area contributed by atoms with Crippen molar-refractivity contribution in [1.82, 2.24) is 15.2 Å². The summed E-state index contributed by atoms with van der Waals surface area (Å²) in [5.74, 6) is 1.58. The van der Waals surface area contributed by atoms with Gasteiger partial charge in [-0.3, -0.25) is 0 Å². The lowest BCUT2D eigenvalue weighted by atomic mass is 9.93. The van der Waals surface area contributed by atoms with Crippen LogP contribution in [0.4, 0.5) is 0 Å². The molecule has 0 aliphatic rings. The average Bonchev–Trinajstić information content (AvgIpc) is 2.95. The molecule has 0 amide bonds. The summed E-state index contributed by atoms with van der Waals surface area (Å²) in [6.45, 7) is 13.1. The summed E-state index contributed by atoms with van der Waals surface area (Å²) in [7, 11) is 2.28. The summed E-state index contributed by atoms with van der Waals surface area (Å²) < 4.78 is 5.98. The van der Waals surface area contributed by atoms with Crippen LogP contribution >= 0.6 is 0 Å². The maximum Gasteiger partial charge on any atom is 0.213 e. The highest BCUT2D eigenvalue weighted by atomic mass is 16.5. The minimum atomic E-state index is 0.671. The zero-order valence-electron chi connectivity index (χ0n) is 27.7. The van der Waals surface area contributed by atoms with Crippen LogP contribution < -0.4 is 10.1 Å². The monoisotopic (exact) mass is 560 g/mol. The molecule has 1 atom stereocenters. The Hall–Kier alpha value is -1.13. The third-order valence-corrected chi connectivity index (χ3v) is 8.32. The highest BCUT2D eigenvalue weighted by molar-refractivity contribution is 5.17. The van der Waals surface area contributed by atoms with Gasteiger partial charge in [-0.15, -0.1) is 0 Å². The van der Waals surface area contributed by atoms with Gasteiger partial charge in [0.15, 0.2) is 0 Å². The van der Waals surface area contributed by atoms with E-state index in [2.05, 4.69) is 62.1 Å². The predicted octanol–water partition coefficient (Wildman–Crippen LogP) is 10.3. The number of nitrogens with zero attached hydrogens (tertiary/aromatic N) is 2. The van der Waals surface area contributed by atoms with E-state index in [-0.39, 0.29) is 0 Å². The van der Waals surface area contributed by atoms with E-state index in [1.807, 2.05) is 6.20 Å². The molecule has 1 unspecified atom stereocenters. The summed E-state index contributed by atoms with van der Waals surface area (Å²) in [6.07, 6.45) is 28.9. The molecule has 1 aromatic rings. The van der Waals surface area contributed by atoms with Gasteiger partial charge in [-0.25, -0.2) is 4.98 Å². The lowest BCUT2D eigenvalue weighted by Gasteiger charge is -2.24. The summed E-state index contributed by atoms with van der Waals surface area (Å²) in [6, 6.07) is 4.94. The van der Waals surface area contributed by atoms with E-state index in [9.17, 15) is 0 Å². The quantitative estimate of drug-likeness (QED) is 0.0991. The Kier molecular flexibility index (Phi) is 24.7. The molecule has 0 saturated carbocycles. The van der Waals surface area contributed by atoms with Crippen LogP contribution in [0.25, 0.3) is 0 Å². The van der Waals surface area contributed by atoms with E-state index in [4.69, 9.17) is 4.74 Å². The van der Waals surface area contributed by atoms with Gasteiger partial charge in [0.1, 0.15) is 0 Å². The van der Waals surface area contributed by atoms with Gasteiger partial charge in [0.2, 0.25) is 5.88 Å². The van der Waals surface area contributed by atoms with Gasteiger partial charge >= 0.3 is 0 Å². The molecule has 1 rings (SSSR count). The molecule has 234 valence electrons. The van der Waals surface area contributed by atoms with Crippen molar-refractivity contribution in [3.05, 3.63) is 23.9 Å². The second-order valence-electron chi connectivity index (χ2n) is 12.5. The fraction of sp³-hybridized carbons (Fsp3) is 0.861. The number of ether oxygens (including phenoxy) is 1. The second-order valence-corrected chi connectivity index (χ2v) is 12.5. The van der Waals surface area contributed by atoms with E-state index in [1.165, 1.54) is 134 Å². The number of hydrogen-bond donors (Lipinski definition) is 1. The molecule has 0 aliphatic heterocycles. The highest BCUT2D eigenvalue weighted by Crippen LogP contribution is 2.21. The van der Waals surface area contributed by atoms with Crippen LogP contribution in [0.5, 0.6) is 5.88 Å². The molecule has 0 saturated heterocycles. The van der Waals surface area contributed by atoms with Crippen molar-refractivity contribution in [1.29, 1.82) is 0 Å². The van der Waals surface area contributed by atoms with Gasteiger partial charge in [-0.05, 0) is 57.2 Å². The first-order valence-corrected chi connectivity index (χ1v) is 17.6. The molecule has 1 aromatic heterocycles. The summed E-state index contributed by atoms with van der Waals surface area (Å²) in [4.78, 5) is 7.13. The summed E-state index contributed by atoms with van der Waals surface area (Å²) >= 11 is 0. The van der Waals surface area contributed by atoms with Crippen molar-refractivity contribution in [2.24, 2.45) is 5.92 Å². The molecule has 1 N–H and O–H groups in total. The Morgan fingerprint density at radius 1 is 0.700 bits per heavy atom. The maximum absolute atomic E-state index is 5.98. The van der Waals surface area contributed by atoms with Crippen molar-refractivity contribution in [3.8, 4) is 5.88 Å². The summed E-state index contributed by atoms with van der Waals surface area (Å²) in [5.41, 5.74) is 1.28. The smallest absolute Gasteiger partial charge is 0.213 e. The molecule has 40 heavy (non-hydrogen) atoms. The molecular weight excluding hydrogens is 490 g/mol. The van der Waals surface area contributed by atoms with E-state index in [0.717, 1.165) is 37.9 Å². The van der Waals surface area contributed by atoms with E-state index < -0.39 is 0 Å². The summed E-state index contributed by atoms with van der Waals surface area (Å²) in [5, 5.41) is 3.80. The zero-order valence-corrected chi connectivity index (χ0v) is 27.7. The molecule has 0 bridgehead atoms. The lowest BCUT2D eigenvalue weighted by molar-refractivity contribution is 0.243. The Balaban J connectivity index is 2.37. The fourth-order valence-electron chi connectivity index (χ4n) is 5.82. The molecule has 0 radical (unpaired) electrons. The van der Waals surface area contributed by atoms with Crippen LogP contribution in [0.3, 0.4) is 0 Å². The first-order chi connectivity index (χ1) is 19.6. The first kappa shape index (κ1) is 36.9. The van der Waals surface area contributed by atoms with Crippen LogP contribution in [0.2, 0.25) is 0 Å².